The molecule has 0 aliphatic carbocycles. The Bertz CT molecular complexity index is 804. The summed E-state index contributed by atoms with van der Waals surface area (Å²) < 4.78 is 6.39. The van der Waals surface area contributed by atoms with Gasteiger partial charge in [-0.1, -0.05) is 18.2 Å². The Morgan fingerprint density at radius 2 is 1.82 bits per heavy atom. The van der Waals surface area contributed by atoms with Crippen LogP contribution in [0.1, 0.15) is 10.6 Å². The third-order valence-corrected chi connectivity index (χ3v) is 4.42. The van der Waals surface area contributed by atoms with Crippen LogP contribution in [0.3, 0.4) is 0 Å². The Hall–Kier alpha value is -2.33. The van der Waals surface area contributed by atoms with Crippen LogP contribution < -0.4 is 9.64 Å². The van der Waals surface area contributed by atoms with E-state index in [0.717, 1.165) is 21.0 Å². The maximum Gasteiger partial charge on any atom is 0.120 e. The maximum atomic E-state index is 5.25. The topological polar surface area (TPSA) is 25.4 Å². The summed E-state index contributed by atoms with van der Waals surface area (Å²) in [5, 5.41) is 1.000. The standard InChI is InChI=1S/C18H18N2OS/c1-20(2)14-7-4-13(5-8-14)6-11-18-19-16-10-9-15(21-3)12-17(16)22-18/h4-12H,1-3H3/b11-6+. The number of benzene rings is 2. The van der Waals surface area contributed by atoms with Crippen molar-refractivity contribution in [2.24, 2.45) is 0 Å². The van der Waals surface area contributed by atoms with E-state index in [2.05, 4.69) is 46.3 Å². The van der Waals surface area contributed by atoms with Gasteiger partial charge in [0.15, 0.2) is 0 Å². The lowest BCUT2D eigenvalue weighted by molar-refractivity contribution is 0.415. The van der Waals surface area contributed by atoms with Gasteiger partial charge in [0.25, 0.3) is 0 Å². The summed E-state index contributed by atoms with van der Waals surface area (Å²) in [6.45, 7) is 0. The van der Waals surface area contributed by atoms with Gasteiger partial charge >= 0.3 is 0 Å². The average molecular weight is 310 g/mol. The second-order valence-electron chi connectivity index (χ2n) is 5.21. The fourth-order valence-corrected chi connectivity index (χ4v) is 3.07. The lowest BCUT2D eigenvalue weighted by Crippen LogP contribution is -2.07. The van der Waals surface area contributed by atoms with Crippen molar-refractivity contribution in [3.8, 4) is 5.75 Å². The molecule has 112 valence electrons. The van der Waals surface area contributed by atoms with Crippen molar-refractivity contribution in [1.29, 1.82) is 0 Å². The number of anilines is 1. The van der Waals surface area contributed by atoms with E-state index in [0.29, 0.717) is 0 Å². The summed E-state index contributed by atoms with van der Waals surface area (Å²) in [6, 6.07) is 14.4. The number of ether oxygens (including phenoxy) is 1. The number of methoxy groups -OCH3 is 1. The zero-order chi connectivity index (χ0) is 15.5. The fourth-order valence-electron chi connectivity index (χ4n) is 2.17. The second kappa shape index (κ2) is 6.20. The minimum atomic E-state index is 0.867. The molecular formula is C18H18N2OS. The largest absolute Gasteiger partial charge is 0.497 e. The van der Waals surface area contributed by atoms with Crippen LogP contribution in [-0.2, 0) is 0 Å². The SMILES string of the molecule is COc1ccc2nc(/C=C/c3ccc(N(C)C)cc3)sc2c1. The fraction of sp³-hybridized carbons (Fsp3) is 0.167. The summed E-state index contributed by atoms with van der Waals surface area (Å²) >= 11 is 1.67. The molecule has 0 aliphatic heterocycles. The van der Waals surface area contributed by atoms with Crippen LogP contribution in [0.5, 0.6) is 5.75 Å². The Morgan fingerprint density at radius 3 is 2.50 bits per heavy atom. The minimum Gasteiger partial charge on any atom is -0.497 e. The Kier molecular flexibility index (Phi) is 4.11. The van der Waals surface area contributed by atoms with Gasteiger partial charge in [0.1, 0.15) is 10.8 Å². The van der Waals surface area contributed by atoms with Crippen molar-refractivity contribution in [2.75, 3.05) is 26.1 Å². The van der Waals surface area contributed by atoms with E-state index < -0.39 is 0 Å². The quantitative estimate of drug-likeness (QED) is 0.707. The molecule has 0 fully saturated rings. The molecule has 3 rings (SSSR count). The van der Waals surface area contributed by atoms with E-state index in [1.54, 1.807) is 18.4 Å². The molecule has 22 heavy (non-hydrogen) atoms. The average Bonchev–Trinajstić information content (AvgIpc) is 2.95. The molecule has 0 saturated heterocycles. The highest BCUT2D eigenvalue weighted by atomic mass is 32.1. The molecular weight excluding hydrogens is 292 g/mol. The molecule has 0 spiro atoms. The van der Waals surface area contributed by atoms with Gasteiger partial charge in [-0.15, -0.1) is 11.3 Å². The molecule has 0 saturated carbocycles. The van der Waals surface area contributed by atoms with Crippen molar-refractivity contribution in [3.63, 3.8) is 0 Å². The summed E-state index contributed by atoms with van der Waals surface area (Å²) in [5.41, 5.74) is 3.38. The van der Waals surface area contributed by atoms with E-state index in [1.165, 1.54) is 11.3 Å². The van der Waals surface area contributed by atoms with Crippen LogP contribution in [0.15, 0.2) is 42.5 Å². The highest BCUT2D eigenvalue weighted by Crippen LogP contribution is 2.27. The zero-order valence-electron chi connectivity index (χ0n) is 12.9. The number of hydrogen-bond acceptors (Lipinski definition) is 4. The summed E-state index contributed by atoms with van der Waals surface area (Å²) in [4.78, 5) is 6.71. The molecule has 3 nitrogen and oxygen atoms in total. The predicted molar refractivity (Wildman–Crippen MR) is 95.9 cm³/mol. The Labute approximate surface area is 134 Å². The highest BCUT2D eigenvalue weighted by molar-refractivity contribution is 7.19. The van der Waals surface area contributed by atoms with E-state index in [-0.39, 0.29) is 0 Å². The van der Waals surface area contributed by atoms with Gasteiger partial charge in [-0.2, -0.15) is 0 Å². The molecule has 0 bridgehead atoms. The predicted octanol–water partition coefficient (Wildman–Crippen LogP) is 4.54. The van der Waals surface area contributed by atoms with Crippen molar-refractivity contribution < 1.29 is 4.74 Å². The second-order valence-corrected chi connectivity index (χ2v) is 6.27. The van der Waals surface area contributed by atoms with E-state index >= 15 is 0 Å². The van der Waals surface area contributed by atoms with Crippen LogP contribution in [0.2, 0.25) is 0 Å². The molecule has 1 aromatic heterocycles. The van der Waals surface area contributed by atoms with E-state index in [4.69, 9.17) is 4.74 Å². The van der Waals surface area contributed by atoms with Gasteiger partial charge in [-0.25, -0.2) is 4.98 Å². The molecule has 0 N–H and O–H groups in total. The van der Waals surface area contributed by atoms with Crippen LogP contribution in [0, 0.1) is 0 Å². The van der Waals surface area contributed by atoms with Crippen LogP contribution >= 0.6 is 11.3 Å². The molecule has 0 amide bonds. The van der Waals surface area contributed by atoms with Crippen molar-refractivity contribution in [1.82, 2.24) is 4.98 Å². The van der Waals surface area contributed by atoms with Gasteiger partial charge in [-0.05, 0) is 42.0 Å². The Morgan fingerprint density at radius 1 is 1.05 bits per heavy atom. The van der Waals surface area contributed by atoms with Crippen LogP contribution in [-0.4, -0.2) is 26.2 Å². The van der Waals surface area contributed by atoms with Crippen LogP contribution in [0.4, 0.5) is 5.69 Å². The summed E-state index contributed by atoms with van der Waals surface area (Å²) in [6.07, 6.45) is 4.15. The first-order chi connectivity index (χ1) is 10.7. The van der Waals surface area contributed by atoms with E-state index in [9.17, 15) is 0 Å². The number of thiazole rings is 1. The zero-order valence-corrected chi connectivity index (χ0v) is 13.7. The molecule has 0 aliphatic rings. The third kappa shape index (κ3) is 3.12. The number of rotatable bonds is 4. The third-order valence-electron chi connectivity index (χ3n) is 3.44. The van der Waals surface area contributed by atoms with Gasteiger partial charge in [0.2, 0.25) is 0 Å². The number of fused-ring (bicyclic) bond motifs is 1. The van der Waals surface area contributed by atoms with E-state index in [1.807, 2.05) is 32.3 Å². The minimum absolute atomic E-state index is 0.867. The number of nitrogens with zero attached hydrogens (tertiary/aromatic N) is 2. The Balaban J connectivity index is 1.82. The first kappa shape index (κ1) is 14.6. The maximum absolute atomic E-state index is 5.25. The van der Waals surface area contributed by atoms with Crippen molar-refractivity contribution in [3.05, 3.63) is 53.0 Å². The molecule has 2 aromatic carbocycles. The number of hydrogen-bond donors (Lipinski definition) is 0. The summed E-state index contributed by atoms with van der Waals surface area (Å²) in [7, 11) is 5.76. The molecule has 0 radical (unpaired) electrons. The van der Waals surface area contributed by atoms with Crippen LogP contribution in [0.25, 0.3) is 22.4 Å². The van der Waals surface area contributed by atoms with Crippen molar-refractivity contribution in [2.45, 2.75) is 0 Å². The number of aromatic nitrogens is 1. The van der Waals surface area contributed by atoms with Crippen molar-refractivity contribution >= 4 is 39.4 Å². The van der Waals surface area contributed by atoms with Gasteiger partial charge in [-0.3, -0.25) is 0 Å². The monoisotopic (exact) mass is 310 g/mol. The molecule has 0 unspecified atom stereocenters. The molecule has 1 heterocycles. The first-order valence-electron chi connectivity index (χ1n) is 7.06. The molecule has 0 atom stereocenters. The lowest BCUT2D eigenvalue weighted by atomic mass is 10.2. The first-order valence-corrected chi connectivity index (χ1v) is 7.87. The van der Waals surface area contributed by atoms with Gasteiger partial charge < -0.3 is 9.64 Å². The molecule has 3 aromatic rings. The lowest BCUT2D eigenvalue weighted by Gasteiger charge is -2.11. The highest BCUT2D eigenvalue weighted by Gasteiger charge is 2.02. The molecule has 4 heteroatoms. The normalized spacial score (nSPS) is 11.2. The summed E-state index contributed by atoms with van der Waals surface area (Å²) in [5.74, 6) is 0.867. The smallest absolute Gasteiger partial charge is 0.120 e. The van der Waals surface area contributed by atoms with Gasteiger partial charge in [0, 0.05) is 19.8 Å². The van der Waals surface area contributed by atoms with Gasteiger partial charge in [0.05, 0.1) is 17.3 Å².